The zero-order chi connectivity index (χ0) is 16.2. The second-order valence-corrected chi connectivity index (χ2v) is 5.54. The van der Waals surface area contributed by atoms with Crippen molar-refractivity contribution in [3.63, 3.8) is 0 Å². The van der Waals surface area contributed by atoms with E-state index < -0.39 is 0 Å². The van der Waals surface area contributed by atoms with Gasteiger partial charge in [0, 0.05) is 0 Å². The number of carbonyl (C=O) groups excluding carboxylic acids is 1. The van der Waals surface area contributed by atoms with E-state index in [2.05, 4.69) is 9.97 Å². The van der Waals surface area contributed by atoms with Gasteiger partial charge in [-0.3, -0.25) is 4.79 Å². The number of hydrogen-bond donors (Lipinski definition) is 1. The van der Waals surface area contributed by atoms with Crippen LogP contribution < -0.4 is 4.74 Å². The van der Waals surface area contributed by atoms with Crippen LogP contribution in [0.25, 0.3) is 17.1 Å². The van der Waals surface area contributed by atoms with Gasteiger partial charge in [-0.05, 0) is 49.8 Å². The maximum Gasteiger partial charge on any atom is 0.221 e. The van der Waals surface area contributed by atoms with Crippen molar-refractivity contribution in [1.29, 1.82) is 0 Å². The average Bonchev–Trinajstić information content (AvgIpc) is 2.97. The van der Waals surface area contributed by atoms with E-state index in [1.165, 1.54) is 6.08 Å². The summed E-state index contributed by atoms with van der Waals surface area (Å²) in [5, 5.41) is 0. The molecule has 4 nitrogen and oxygen atoms in total. The minimum atomic E-state index is -0.149. The predicted octanol–water partition coefficient (Wildman–Crippen LogP) is 4.25. The highest BCUT2D eigenvalue weighted by atomic mass is 16.5. The number of fused-ring (bicyclic) bond motifs is 1. The van der Waals surface area contributed by atoms with Crippen LogP contribution >= 0.6 is 0 Å². The van der Waals surface area contributed by atoms with Gasteiger partial charge in [0.05, 0.1) is 17.1 Å². The first kappa shape index (κ1) is 15.0. The van der Waals surface area contributed by atoms with Crippen LogP contribution in [-0.2, 0) is 0 Å². The van der Waals surface area contributed by atoms with Crippen molar-refractivity contribution in [2.75, 3.05) is 0 Å². The second-order valence-electron chi connectivity index (χ2n) is 5.54. The number of ketones is 1. The molecule has 0 spiro atoms. The van der Waals surface area contributed by atoms with E-state index in [1.54, 1.807) is 6.08 Å². The van der Waals surface area contributed by atoms with Gasteiger partial charge in [-0.1, -0.05) is 30.3 Å². The first-order valence-electron chi connectivity index (χ1n) is 7.56. The van der Waals surface area contributed by atoms with E-state index in [4.69, 9.17) is 4.74 Å². The smallest absolute Gasteiger partial charge is 0.221 e. The predicted molar refractivity (Wildman–Crippen MR) is 91.7 cm³/mol. The number of rotatable bonds is 5. The summed E-state index contributed by atoms with van der Waals surface area (Å²) in [5.41, 5.74) is 2.59. The Balaban J connectivity index is 1.72. The van der Waals surface area contributed by atoms with Crippen LogP contribution in [0.4, 0.5) is 0 Å². The first-order chi connectivity index (χ1) is 11.1. The summed E-state index contributed by atoms with van der Waals surface area (Å²) in [5.74, 6) is 1.02. The van der Waals surface area contributed by atoms with E-state index in [0.717, 1.165) is 22.3 Å². The fourth-order valence-electron chi connectivity index (χ4n) is 2.25. The van der Waals surface area contributed by atoms with Crippen molar-refractivity contribution in [2.24, 2.45) is 0 Å². The number of H-pyrrole nitrogens is 1. The second kappa shape index (κ2) is 6.48. The Morgan fingerprint density at radius 3 is 2.57 bits per heavy atom. The van der Waals surface area contributed by atoms with Crippen molar-refractivity contribution in [3.8, 4) is 5.75 Å². The molecule has 0 aliphatic heterocycles. The number of aromatic nitrogens is 2. The lowest BCUT2D eigenvalue weighted by molar-refractivity contribution is 0.103. The summed E-state index contributed by atoms with van der Waals surface area (Å²) >= 11 is 0. The lowest BCUT2D eigenvalue weighted by Gasteiger charge is -2.09. The molecular formula is C19H18N2O2. The molecule has 1 aromatic heterocycles. The quantitative estimate of drug-likeness (QED) is 0.566. The molecule has 4 heteroatoms. The standard InChI is InChI=1S/C19H18N2O2/c1-13(2)23-15-10-7-14(8-11-15)9-12-18(22)19-20-16-5-3-4-6-17(16)21-19/h3-13H,1-2H3,(H,20,21)/b12-9+. The summed E-state index contributed by atoms with van der Waals surface area (Å²) in [6.07, 6.45) is 3.44. The van der Waals surface area contributed by atoms with Gasteiger partial charge in [-0.2, -0.15) is 0 Å². The van der Waals surface area contributed by atoms with Crippen LogP contribution in [0.2, 0.25) is 0 Å². The molecule has 0 unspecified atom stereocenters. The highest BCUT2D eigenvalue weighted by Crippen LogP contribution is 2.15. The van der Waals surface area contributed by atoms with Crippen LogP contribution in [-0.4, -0.2) is 21.9 Å². The monoisotopic (exact) mass is 306 g/mol. The van der Waals surface area contributed by atoms with E-state index >= 15 is 0 Å². The molecular weight excluding hydrogens is 288 g/mol. The molecule has 0 fully saturated rings. The number of carbonyl (C=O) groups is 1. The number of ether oxygens (including phenoxy) is 1. The molecule has 1 N–H and O–H groups in total. The van der Waals surface area contributed by atoms with E-state index in [-0.39, 0.29) is 11.9 Å². The highest BCUT2D eigenvalue weighted by molar-refractivity contribution is 6.05. The number of nitrogens with zero attached hydrogens (tertiary/aromatic N) is 1. The Bertz CT molecular complexity index is 812. The van der Waals surface area contributed by atoms with Crippen LogP contribution in [0.3, 0.4) is 0 Å². The zero-order valence-corrected chi connectivity index (χ0v) is 13.1. The van der Waals surface area contributed by atoms with Crippen molar-refractivity contribution in [2.45, 2.75) is 20.0 Å². The third-order valence-corrected chi connectivity index (χ3v) is 3.30. The maximum absolute atomic E-state index is 12.2. The molecule has 1 heterocycles. The molecule has 2 aromatic carbocycles. The molecule has 0 atom stereocenters. The number of nitrogens with one attached hydrogen (secondary N) is 1. The van der Waals surface area contributed by atoms with Crippen molar-refractivity contribution in [1.82, 2.24) is 9.97 Å². The number of allylic oxidation sites excluding steroid dienone is 1. The maximum atomic E-state index is 12.2. The van der Waals surface area contributed by atoms with Crippen molar-refractivity contribution in [3.05, 3.63) is 66.0 Å². The Labute approximate surface area is 134 Å². The minimum absolute atomic E-state index is 0.144. The fourth-order valence-corrected chi connectivity index (χ4v) is 2.25. The minimum Gasteiger partial charge on any atom is -0.491 e. The molecule has 0 aliphatic carbocycles. The Morgan fingerprint density at radius 2 is 1.87 bits per heavy atom. The summed E-state index contributed by atoms with van der Waals surface area (Å²) in [6, 6.07) is 15.2. The average molecular weight is 306 g/mol. The number of benzene rings is 2. The van der Waals surface area contributed by atoms with E-state index in [0.29, 0.717) is 5.82 Å². The highest BCUT2D eigenvalue weighted by Gasteiger charge is 2.07. The third kappa shape index (κ3) is 3.66. The molecule has 116 valence electrons. The molecule has 3 rings (SSSR count). The number of aromatic amines is 1. The van der Waals surface area contributed by atoms with Gasteiger partial charge < -0.3 is 9.72 Å². The molecule has 0 bridgehead atoms. The van der Waals surface area contributed by atoms with Crippen LogP contribution in [0.5, 0.6) is 5.75 Å². The van der Waals surface area contributed by atoms with Gasteiger partial charge in [0.15, 0.2) is 5.82 Å². The SMILES string of the molecule is CC(C)Oc1ccc(/C=C/C(=O)c2nc3ccccc3[nH]2)cc1. The Kier molecular flexibility index (Phi) is 4.24. The fraction of sp³-hybridized carbons (Fsp3) is 0.158. The molecule has 23 heavy (non-hydrogen) atoms. The van der Waals surface area contributed by atoms with Gasteiger partial charge in [-0.15, -0.1) is 0 Å². The van der Waals surface area contributed by atoms with Gasteiger partial charge in [0.25, 0.3) is 0 Å². The molecule has 0 amide bonds. The molecule has 3 aromatic rings. The van der Waals surface area contributed by atoms with Crippen molar-refractivity contribution >= 4 is 22.9 Å². The Hall–Kier alpha value is -2.88. The first-order valence-corrected chi connectivity index (χ1v) is 7.56. The number of para-hydroxylation sites is 2. The Morgan fingerprint density at radius 1 is 1.13 bits per heavy atom. The summed E-state index contributed by atoms with van der Waals surface area (Å²) in [7, 11) is 0. The zero-order valence-electron chi connectivity index (χ0n) is 13.1. The lowest BCUT2D eigenvalue weighted by atomic mass is 10.2. The molecule has 0 aliphatic rings. The topological polar surface area (TPSA) is 55.0 Å². The van der Waals surface area contributed by atoms with Gasteiger partial charge >= 0.3 is 0 Å². The van der Waals surface area contributed by atoms with Crippen LogP contribution in [0, 0.1) is 0 Å². The molecule has 0 saturated heterocycles. The van der Waals surface area contributed by atoms with Crippen LogP contribution in [0.1, 0.15) is 30.0 Å². The van der Waals surface area contributed by atoms with Crippen LogP contribution in [0.15, 0.2) is 54.6 Å². The van der Waals surface area contributed by atoms with Gasteiger partial charge in [-0.25, -0.2) is 4.98 Å². The van der Waals surface area contributed by atoms with Crippen molar-refractivity contribution < 1.29 is 9.53 Å². The lowest BCUT2D eigenvalue weighted by Crippen LogP contribution is -2.05. The number of hydrogen-bond acceptors (Lipinski definition) is 3. The normalized spacial score (nSPS) is 11.4. The summed E-state index contributed by atoms with van der Waals surface area (Å²) < 4.78 is 5.59. The van der Waals surface area contributed by atoms with E-state index in [9.17, 15) is 4.79 Å². The van der Waals surface area contributed by atoms with Gasteiger partial charge in [0.2, 0.25) is 5.78 Å². The van der Waals surface area contributed by atoms with E-state index in [1.807, 2.05) is 62.4 Å². The largest absolute Gasteiger partial charge is 0.491 e. The molecule has 0 radical (unpaired) electrons. The summed E-state index contributed by atoms with van der Waals surface area (Å²) in [4.78, 5) is 19.5. The number of imidazole rings is 1. The third-order valence-electron chi connectivity index (χ3n) is 3.30. The van der Waals surface area contributed by atoms with Gasteiger partial charge in [0.1, 0.15) is 5.75 Å². The molecule has 0 saturated carbocycles. The summed E-state index contributed by atoms with van der Waals surface area (Å²) in [6.45, 7) is 3.97.